The van der Waals surface area contributed by atoms with E-state index in [9.17, 15) is 19.2 Å². The Balaban J connectivity index is 0.00000161. The van der Waals surface area contributed by atoms with Crippen LogP contribution in [0.5, 0.6) is 0 Å². The van der Waals surface area contributed by atoms with Gasteiger partial charge in [-0.3, -0.25) is 34.7 Å². The zero-order valence-electron chi connectivity index (χ0n) is 22.8. The van der Waals surface area contributed by atoms with Crippen LogP contribution in [-0.2, 0) is 33.4 Å². The van der Waals surface area contributed by atoms with Crippen molar-refractivity contribution in [3.63, 3.8) is 0 Å². The first-order chi connectivity index (χ1) is 17.8. The summed E-state index contributed by atoms with van der Waals surface area (Å²) in [6.07, 6.45) is 10.6. The molecule has 0 saturated carbocycles. The predicted octanol–water partition coefficient (Wildman–Crippen LogP) is 2.93. The van der Waals surface area contributed by atoms with Gasteiger partial charge in [-0.05, 0) is 45.3 Å². The summed E-state index contributed by atoms with van der Waals surface area (Å²) in [6, 6.07) is 0.260. The van der Waals surface area contributed by atoms with Crippen LogP contribution >= 0.6 is 8.22 Å². The molecule has 1 fully saturated rings. The molecule has 37 heavy (non-hydrogen) atoms. The molecule has 1 aliphatic rings. The maximum atomic E-state index is 11.8. The van der Waals surface area contributed by atoms with Crippen molar-refractivity contribution >= 4 is 33.0 Å². The minimum atomic E-state index is -0.892. The standard InChI is InChI=1S/C20H35N4O5P.C5H10O2/c1-5-6-12-28-20(27)14-22-30(23-16(2)3)13-10-17-7-8-19(29-17)24(4)11-9-18(26)21-15-25;1-2-3-4-7-5-6/h9-11,13,15-17,19,22-23H,5-8,12,14H2,1-4H3,(H,21,25,26);5H,2-4H2,1H3/b11-9-,13-10+;. The van der Waals surface area contributed by atoms with E-state index in [2.05, 4.69) is 41.0 Å². The molecule has 1 saturated heterocycles. The summed E-state index contributed by atoms with van der Waals surface area (Å²) in [5.74, 6) is 1.30. The lowest BCUT2D eigenvalue weighted by atomic mass is 10.2. The molecule has 3 unspecified atom stereocenters. The number of esters is 1. The summed E-state index contributed by atoms with van der Waals surface area (Å²) in [5, 5.41) is 8.69. The largest absolute Gasteiger partial charge is 0.468 e. The molecule has 0 bridgehead atoms. The summed E-state index contributed by atoms with van der Waals surface area (Å²) in [4.78, 5) is 44.7. The first kappa shape index (κ1) is 34.7. The van der Waals surface area contributed by atoms with Gasteiger partial charge >= 0.3 is 5.97 Å². The Kier molecular flexibility index (Phi) is 21.4. The quantitative estimate of drug-likeness (QED) is 0.0777. The molecule has 3 N–H and O–H groups in total. The van der Waals surface area contributed by atoms with Gasteiger partial charge in [0, 0.05) is 25.4 Å². The summed E-state index contributed by atoms with van der Waals surface area (Å²) in [7, 11) is 0.928. The van der Waals surface area contributed by atoms with E-state index in [0.717, 1.165) is 38.5 Å². The van der Waals surface area contributed by atoms with E-state index >= 15 is 0 Å². The molecule has 0 aromatic heterocycles. The van der Waals surface area contributed by atoms with Crippen LogP contribution in [0.25, 0.3) is 0 Å². The van der Waals surface area contributed by atoms with Crippen molar-refractivity contribution in [2.45, 2.75) is 84.6 Å². The number of nitrogens with one attached hydrogen (secondary N) is 3. The van der Waals surface area contributed by atoms with Gasteiger partial charge in [0.15, 0.2) is 0 Å². The first-order valence-corrected chi connectivity index (χ1v) is 14.2. The second kappa shape index (κ2) is 22.8. The Morgan fingerprint density at radius 1 is 1.14 bits per heavy atom. The van der Waals surface area contributed by atoms with Gasteiger partial charge in [0.05, 0.1) is 34.1 Å². The molecular formula is C25H45N4O7P. The highest BCUT2D eigenvalue weighted by atomic mass is 31.1. The highest BCUT2D eigenvalue weighted by molar-refractivity contribution is 7.56. The van der Waals surface area contributed by atoms with Crippen LogP contribution in [0.4, 0.5) is 0 Å². The number of nitrogens with zero attached hydrogens (tertiary/aromatic N) is 1. The van der Waals surface area contributed by atoms with Gasteiger partial charge in [-0.2, -0.15) is 0 Å². The van der Waals surface area contributed by atoms with Crippen LogP contribution in [-0.4, -0.2) is 74.8 Å². The molecule has 0 spiro atoms. The smallest absolute Gasteiger partial charge is 0.320 e. The summed E-state index contributed by atoms with van der Waals surface area (Å²) in [6.45, 7) is 9.87. The second-order valence-electron chi connectivity index (χ2n) is 8.54. The molecule has 3 atom stereocenters. The summed E-state index contributed by atoms with van der Waals surface area (Å²) < 4.78 is 15.6. The average molecular weight is 545 g/mol. The molecular weight excluding hydrogens is 499 g/mol. The van der Waals surface area contributed by atoms with Gasteiger partial charge in [-0.1, -0.05) is 32.8 Å². The molecule has 1 rings (SSSR count). The number of ether oxygens (including phenoxy) is 3. The fourth-order valence-corrected chi connectivity index (χ4v) is 4.38. The number of rotatable bonds is 18. The maximum absolute atomic E-state index is 11.8. The van der Waals surface area contributed by atoms with Crippen LogP contribution < -0.4 is 15.5 Å². The summed E-state index contributed by atoms with van der Waals surface area (Å²) >= 11 is 0. The highest BCUT2D eigenvalue weighted by Crippen LogP contribution is 2.30. The van der Waals surface area contributed by atoms with Crippen molar-refractivity contribution in [1.82, 2.24) is 20.4 Å². The lowest BCUT2D eigenvalue weighted by Gasteiger charge is -2.22. The molecule has 12 heteroatoms. The van der Waals surface area contributed by atoms with E-state index in [4.69, 9.17) is 9.47 Å². The molecule has 11 nitrogen and oxygen atoms in total. The molecule has 0 radical (unpaired) electrons. The first-order valence-electron chi connectivity index (χ1n) is 12.7. The SMILES string of the molecule is CCCCOC(=O)CNP(/C=C/C1CCC(N(C)/C=C\C(=O)NC=O)O1)NC(C)C.CCCCOC=O. The molecule has 0 aliphatic carbocycles. The van der Waals surface area contributed by atoms with Crippen molar-refractivity contribution in [3.05, 3.63) is 24.2 Å². The Labute approximate surface area is 222 Å². The third-order valence-electron chi connectivity index (χ3n) is 4.83. The highest BCUT2D eigenvalue weighted by Gasteiger charge is 2.25. The van der Waals surface area contributed by atoms with Gasteiger partial charge in [-0.15, -0.1) is 0 Å². The minimum Gasteiger partial charge on any atom is -0.468 e. The van der Waals surface area contributed by atoms with Gasteiger partial charge in [0.2, 0.25) is 6.41 Å². The van der Waals surface area contributed by atoms with Gasteiger partial charge < -0.3 is 19.1 Å². The third kappa shape index (κ3) is 19.4. The summed E-state index contributed by atoms with van der Waals surface area (Å²) in [5.41, 5.74) is 0. The number of hydrogen-bond acceptors (Lipinski definition) is 10. The van der Waals surface area contributed by atoms with Crippen LogP contribution in [0.15, 0.2) is 24.2 Å². The van der Waals surface area contributed by atoms with Crippen molar-refractivity contribution in [3.8, 4) is 0 Å². The monoisotopic (exact) mass is 544 g/mol. The van der Waals surface area contributed by atoms with Crippen LogP contribution in [0.1, 0.15) is 66.2 Å². The van der Waals surface area contributed by atoms with E-state index in [1.165, 1.54) is 6.08 Å². The van der Waals surface area contributed by atoms with Gasteiger partial charge in [-0.25, -0.2) is 0 Å². The third-order valence-corrected chi connectivity index (χ3v) is 6.60. The zero-order valence-corrected chi connectivity index (χ0v) is 23.7. The van der Waals surface area contributed by atoms with Crippen LogP contribution in [0.2, 0.25) is 0 Å². The van der Waals surface area contributed by atoms with Gasteiger partial charge in [0.25, 0.3) is 12.4 Å². The Bertz CT molecular complexity index is 707. The number of carbonyl (C=O) groups excluding carboxylic acids is 4. The van der Waals surface area contributed by atoms with E-state index in [0.29, 0.717) is 26.1 Å². The zero-order chi connectivity index (χ0) is 27.9. The number of amides is 2. The van der Waals surface area contributed by atoms with Crippen molar-refractivity contribution < 1.29 is 33.4 Å². The number of hydrogen-bond donors (Lipinski definition) is 3. The number of carbonyl (C=O) groups is 4. The molecule has 0 aromatic rings. The second-order valence-corrected chi connectivity index (χ2v) is 10.2. The molecule has 0 aromatic carbocycles. The molecule has 1 heterocycles. The number of unbranched alkanes of at least 4 members (excludes halogenated alkanes) is 2. The van der Waals surface area contributed by atoms with E-state index in [1.807, 2.05) is 25.9 Å². The molecule has 212 valence electrons. The average Bonchev–Trinajstić information content (AvgIpc) is 3.34. The van der Waals surface area contributed by atoms with Crippen LogP contribution in [0.3, 0.4) is 0 Å². The molecule has 2 amide bonds. The Morgan fingerprint density at radius 2 is 1.84 bits per heavy atom. The Morgan fingerprint density at radius 3 is 2.46 bits per heavy atom. The van der Waals surface area contributed by atoms with Crippen molar-refractivity contribution in [2.75, 3.05) is 26.8 Å². The number of imide groups is 1. The normalized spacial score (nSPS) is 17.8. The van der Waals surface area contributed by atoms with E-state index in [-0.39, 0.29) is 30.9 Å². The van der Waals surface area contributed by atoms with Crippen molar-refractivity contribution in [1.29, 1.82) is 0 Å². The Hall–Kier alpha value is -2.33. The predicted molar refractivity (Wildman–Crippen MR) is 144 cm³/mol. The topological polar surface area (TPSA) is 135 Å². The minimum absolute atomic E-state index is 0.0491. The van der Waals surface area contributed by atoms with E-state index in [1.54, 1.807) is 11.1 Å². The molecule has 1 aliphatic heterocycles. The fourth-order valence-electron chi connectivity index (χ4n) is 2.88. The fraction of sp³-hybridized carbons (Fsp3) is 0.680. The lowest BCUT2D eigenvalue weighted by Crippen LogP contribution is -2.29. The van der Waals surface area contributed by atoms with Crippen molar-refractivity contribution in [2.24, 2.45) is 0 Å². The van der Waals surface area contributed by atoms with E-state index < -0.39 is 14.1 Å². The maximum Gasteiger partial charge on any atom is 0.320 e. The van der Waals surface area contributed by atoms with Gasteiger partial charge in [0.1, 0.15) is 6.23 Å². The lowest BCUT2D eigenvalue weighted by molar-refractivity contribution is -0.142. The van der Waals surface area contributed by atoms with Crippen LogP contribution in [0, 0.1) is 0 Å².